The number of rotatable bonds is 6. The van der Waals surface area contributed by atoms with Gasteiger partial charge in [0.2, 0.25) is 5.91 Å². The van der Waals surface area contributed by atoms with Crippen LogP contribution in [0.25, 0.3) is 10.9 Å². The number of hydrogen-bond acceptors (Lipinski definition) is 3. The van der Waals surface area contributed by atoms with Crippen LogP contribution in [0.5, 0.6) is 0 Å². The van der Waals surface area contributed by atoms with Crippen molar-refractivity contribution in [1.29, 1.82) is 0 Å². The lowest BCUT2D eigenvalue weighted by atomic mass is 10.1. The zero-order valence-corrected chi connectivity index (χ0v) is 14.4. The Kier molecular flexibility index (Phi) is 4.76. The summed E-state index contributed by atoms with van der Waals surface area (Å²) in [6.45, 7) is 4.09. The summed E-state index contributed by atoms with van der Waals surface area (Å²) in [7, 11) is -3.01. The van der Waals surface area contributed by atoms with E-state index in [1.165, 1.54) is 0 Å². The molecule has 1 fully saturated rings. The van der Waals surface area contributed by atoms with E-state index in [9.17, 15) is 13.2 Å². The van der Waals surface area contributed by atoms with Gasteiger partial charge in [-0.3, -0.25) is 4.79 Å². The molecule has 24 heavy (non-hydrogen) atoms. The zero-order chi connectivity index (χ0) is 17.2. The Labute approximate surface area is 142 Å². The van der Waals surface area contributed by atoms with Crippen molar-refractivity contribution in [3.8, 4) is 0 Å². The molecule has 2 aromatic rings. The topological polar surface area (TPSA) is 70.2 Å². The summed E-state index contributed by atoms with van der Waals surface area (Å²) in [5.74, 6) is 0.225. The maximum absolute atomic E-state index is 12.6. The molecule has 5 nitrogen and oxygen atoms in total. The average molecular weight is 346 g/mol. The van der Waals surface area contributed by atoms with Gasteiger partial charge in [-0.2, -0.15) is 0 Å². The van der Waals surface area contributed by atoms with Crippen LogP contribution in [0.3, 0.4) is 0 Å². The van der Waals surface area contributed by atoms with Crippen LogP contribution in [0.2, 0.25) is 0 Å². The van der Waals surface area contributed by atoms with E-state index in [4.69, 9.17) is 0 Å². The van der Waals surface area contributed by atoms with Crippen LogP contribution in [-0.4, -0.2) is 48.3 Å². The Morgan fingerprint density at radius 1 is 1.38 bits per heavy atom. The minimum atomic E-state index is -3.01. The number of hydrogen-bond donors (Lipinski definition) is 1. The lowest BCUT2D eigenvalue weighted by molar-refractivity contribution is -0.132. The normalized spacial score (nSPS) is 19.4. The number of H-pyrrole nitrogens is 1. The van der Waals surface area contributed by atoms with Crippen LogP contribution in [0, 0.1) is 0 Å². The fourth-order valence-electron chi connectivity index (χ4n) is 3.34. The van der Waals surface area contributed by atoms with Gasteiger partial charge >= 0.3 is 0 Å². The number of aromatic nitrogens is 1. The largest absolute Gasteiger partial charge is 0.361 e. The molecule has 0 aliphatic carbocycles. The Balaban J connectivity index is 1.68. The first-order chi connectivity index (χ1) is 11.5. The smallest absolute Gasteiger partial charge is 0.223 e. The Bertz CT molecular complexity index is 854. The Morgan fingerprint density at radius 2 is 2.17 bits per heavy atom. The monoisotopic (exact) mass is 346 g/mol. The van der Waals surface area contributed by atoms with E-state index in [2.05, 4.69) is 11.6 Å². The van der Waals surface area contributed by atoms with E-state index in [1.807, 2.05) is 30.5 Å². The predicted molar refractivity (Wildman–Crippen MR) is 95.6 cm³/mol. The van der Waals surface area contributed by atoms with Crippen LogP contribution in [-0.2, 0) is 21.1 Å². The standard InChI is InChI=1S/C18H22N2O3S/c1-2-10-20(15-9-11-24(22,23)13-15)18(21)8-7-14-12-19-17-6-4-3-5-16(14)17/h2-6,12,15,19H,1,7-11,13H2/t15-/m0/s1. The van der Waals surface area contributed by atoms with Crippen LogP contribution in [0.4, 0.5) is 0 Å². The summed E-state index contributed by atoms with van der Waals surface area (Å²) in [5.41, 5.74) is 2.17. The van der Waals surface area contributed by atoms with Crippen LogP contribution >= 0.6 is 0 Å². The highest BCUT2D eigenvalue weighted by molar-refractivity contribution is 7.91. The van der Waals surface area contributed by atoms with E-state index < -0.39 is 9.84 Å². The highest BCUT2D eigenvalue weighted by atomic mass is 32.2. The summed E-state index contributed by atoms with van der Waals surface area (Å²) in [4.78, 5) is 17.5. The van der Waals surface area contributed by atoms with Gasteiger partial charge < -0.3 is 9.88 Å². The number of sulfone groups is 1. The lowest BCUT2D eigenvalue weighted by Gasteiger charge is -2.27. The summed E-state index contributed by atoms with van der Waals surface area (Å²) in [6.07, 6.45) is 5.13. The molecule has 1 saturated heterocycles. The minimum Gasteiger partial charge on any atom is -0.361 e. The fourth-order valence-corrected chi connectivity index (χ4v) is 5.07. The van der Waals surface area contributed by atoms with Crippen molar-refractivity contribution in [2.24, 2.45) is 0 Å². The number of carbonyl (C=O) groups is 1. The quantitative estimate of drug-likeness (QED) is 0.816. The Morgan fingerprint density at radius 3 is 2.88 bits per heavy atom. The van der Waals surface area contributed by atoms with E-state index >= 15 is 0 Å². The first-order valence-corrected chi connectivity index (χ1v) is 9.98. The highest BCUT2D eigenvalue weighted by Gasteiger charge is 2.33. The number of aryl methyl sites for hydroxylation is 1. The minimum absolute atomic E-state index is 0.0118. The third kappa shape index (κ3) is 3.53. The molecule has 128 valence electrons. The van der Waals surface area contributed by atoms with E-state index in [-0.39, 0.29) is 23.5 Å². The zero-order valence-electron chi connectivity index (χ0n) is 13.6. The van der Waals surface area contributed by atoms with Crippen LogP contribution in [0.1, 0.15) is 18.4 Å². The van der Waals surface area contributed by atoms with Crippen LogP contribution in [0.15, 0.2) is 43.1 Å². The maximum atomic E-state index is 12.6. The summed E-state index contributed by atoms with van der Waals surface area (Å²) < 4.78 is 23.4. The molecule has 0 unspecified atom stereocenters. The van der Waals surface area contributed by atoms with Crippen molar-refractivity contribution in [3.05, 3.63) is 48.7 Å². The molecule has 3 rings (SSSR count). The van der Waals surface area contributed by atoms with Crippen molar-refractivity contribution in [2.75, 3.05) is 18.1 Å². The molecule has 1 aliphatic heterocycles. The lowest BCUT2D eigenvalue weighted by Crippen LogP contribution is -2.41. The Hall–Kier alpha value is -2.08. The fraction of sp³-hybridized carbons (Fsp3) is 0.389. The molecular weight excluding hydrogens is 324 g/mol. The highest BCUT2D eigenvalue weighted by Crippen LogP contribution is 2.22. The van der Waals surface area contributed by atoms with Crippen molar-refractivity contribution >= 4 is 26.6 Å². The van der Waals surface area contributed by atoms with Gasteiger partial charge in [0.05, 0.1) is 11.5 Å². The van der Waals surface area contributed by atoms with Gasteiger partial charge in [-0.1, -0.05) is 24.3 Å². The van der Waals surface area contributed by atoms with Crippen molar-refractivity contribution in [3.63, 3.8) is 0 Å². The molecule has 1 aromatic heterocycles. The van der Waals surface area contributed by atoms with Gasteiger partial charge in [0.15, 0.2) is 9.84 Å². The van der Waals surface area contributed by atoms with Gasteiger partial charge in [0.25, 0.3) is 0 Å². The van der Waals surface area contributed by atoms with Crippen molar-refractivity contribution in [2.45, 2.75) is 25.3 Å². The second-order valence-electron chi connectivity index (χ2n) is 6.25. The SMILES string of the molecule is C=CCN(C(=O)CCc1c[nH]c2ccccc12)[C@H]1CCS(=O)(=O)C1. The molecule has 1 atom stereocenters. The number of nitrogens with zero attached hydrogens (tertiary/aromatic N) is 1. The molecule has 0 spiro atoms. The van der Waals surface area contributed by atoms with Gasteiger partial charge in [-0.05, 0) is 24.5 Å². The number of carbonyl (C=O) groups excluding carboxylic acids is 1. The third-order valence-electron chi connectivity index (χ3n) is 4.58. The molecule has 0 saturated carbocycles. The van der Waals surface area contributed by atoms with E-state index in [0.29, 0.717) is 25.8 Å². The average Bonchev–Trinajstić information content (AvgIpc) is 3.13. The van der Waals surface area contributed by atoms with Gasteiger partial charge in [-0.15, -0.1) is 6.58 Å². The molecule has 1 amide bonds. The first kappa shape index (κ1) is 16.8. The van der Waals surface area contributed by atoms with Gasteiger partial charge in [0, 0.05) is 36.1 Å². The molecule has 2 heterocycles. The summed E-state index contributed by atoms with van der Waals surface area (Å²) >= 11 is 0. The van der Waals surface area contributed by atoms with Crippen molar-refractivity contribution in [1.82, 2.24) is 9.88 Å². The number of benzene rings is 1. The first-order valence-electron chi connectivity index (χ1n) is 8.16. The van der Waals surface area contributed by atoms with Gasteiger partial charge in [0.1, 0.15) is 0 Å². The molecule has 1 aliphatic rings. The number of fused-ring (bicyclic) bond motifs is 1. The van der Waals surface area contributed by atoms with Gasteiger partial charge in [-0.25, -0.2) is 8.42 Å². The van der Waals surface area contributed by atoms with Crippen LogP contribution < -0.4 is 0 Å². The third-order valence-corrected chi connectivity index (χ3v) is 6.33. The van der Waals surface area contributed by atoms with E-state index in [0.717, 1.165) is 16.5 Å². The number of aromatic amines is 1. The molecule has 6 heteroatoms. The number of nitrogens with one attached hydrogen (secondary N) is 1. The van der Waals surface area contributed by atoms with Crippen molar-refractivity contribution < 1.29 is 13.2 Å². The number of amides is 1. The molecule has 1 aromatic carbocycles. The molecule has 0 radical (unpaired) electrons. The van der Waals surface area contributed by atoms with E-state index in [1.54, 1.807) is 11.0 Å². The maximum Gasteiger partial charge on any atom is 0.223 e. The second kappa shape index (κ2) is 6.81. The summed E-state index contributed by atoms with van der Waals surface area (Å²) in [6, 6.07) is 7.78. The summed E-state index contributed by atoms with van der Waals surface area (Å²) in [5, 5.41) is 1.13. The molecule has 1 N–H and O–H groups in total. The second-order valence-corrected chi connectivity index (χ2v) is 8.48. The number of para-hydroxylation sites is 1. The molecular formula is C18H22N2O3S. The predicted octanol–water partition coefficient (Wildman–Crippen LogP) is 2.30. The molecule has 0 bridgehead atoms.